The van der Waals surface area contributed by atoms with E-state index < -0.39 is 0 Å². The molecule has 4 nitrogen and oxygen atoms in total. The van der Waals surface area contributed by atoms with Crippen LogP contribution in [0.25, 0.3) is 0 Å². The van der Waals surface area contributed by atoms with Crippen LogP contribution in [0.5, 0.6) is 0 Å². The van der Waals surface area contributed by atoms with Gasteiger partial charge in [0.25, 0.3) is 5.91 Å². The summed E-state index contributed by atoms with van der Waals surface area (Å²) >= 11 is 6.54. The first-order valence-corrected chi connectivity index (χ1v) is 11.7. The van der Waals surface area contributed by atoms with Gasteiger partial charge in [-0.05, 0) is 85.8 Å². The summed E-state index contributed by atoms with van der Waals surface area (Å²) in [5, 5.41) is 11.0. The van der Waals surface area contributed by atoms with Crippen LogP contribution in [0.3, 0.4) is 0 Å². The summed E-state index contributed by atoms with van der Waals surface area (Å²) in [7, 11) is 0. The monoisotopic (exact) mass is 425 g/mol. The van der Waals surface area contributed by atoms with Crippen LogP contribution >= 0.6 is 11.6 Å². The topological polar surface area (TPSA) is 53.2 Å². The number of rotatable bonds is 5. The number of fused-ring (bicyclic) bond motifs is 1. The lowest BCUT2D eigenvalue weighted by molar-refractivity contribution is 0.0933. The molecule has 2 aromatic carbocycles. The van der Waals surface area contributed by atoms with Crippen LogP contribution < -0.4 is 16.0 Å². The quantitative estimate of drug-likeness (QED) is 0.584. The first kappa shape index (κ1) is 21.2. The number of carbonyl (C=O) groups is 1. The highest BCUT2D eigenvalue weighted by molar-refractivity contribution is 6.31. The summed E-state index contributed by atoms with van der Waals surface area (Å²) in [6, 6.07) is 12.3. The van der Waals surface area contributed by atoms with Crippen molar-refractivity contribution in [1.29, 1.82) is 0 Å². The fraction of sp³-hybridized carbons (Fsp3) is 0.480. The van der Waals surface area contributed by atoms with Gasteiger partial charge >= 0.3 is 0 Å². The Morgan fingerprint density at radius 2 is 1.70 bits per heavy atom. The molecule has 5 heteroatoms. The highest BCUT2D eigenvalue weighted by atomic mass is 35.5. The summed E-state index contributed by atoms with van der Waals surface area (Å²) in [6.45, 7) is 2.70. The lowest BCUT2D eigenvalue weighted by Gasteiger charge is -2.17. The van der Waals surface area contributed by atoms with Crippen LogP contribution in [0.15, 0.2) is 36.4 Å². The van der Waals surface area contributed by atoms with Gasteiger partial charge in [0.2, 0.25) is 0 Å². The largest absolute Gasteiger partial charge is 0.381 e. The van der Waals surface area contributed by atoms with Gasteiger partial charge in [0.15, 0.2) is 0 Å². The van der Waals surface area contributed by atoms with Crippen molar-refractivity contribution in [1.82, 2.24) is 10.6 Å². The molecule has 1 aliphatic carbocycles. The molecule has 1 aliphatic heterocycles. The zero-order valence-corrected chi connectivity index (χ0v) is 18.4. The standard InChI is InChI=1S/C25H32ClN3O/c26-24-12-9-18-13-15-27-16-14-22(18)23(24)17-28-20-10-7-19(8-11-20)25(30)29-21-5-3-1-2-4-6-21/h7-12,21,27-28H,1-6,13-17H2,(H,29,30). The Labute approximate surface area is 184 Å². The highest BCUT2D eigenvalue weighted by Gasteiger charge is 2.16. The van der Waals surface area contributed by atoms with E-state index in [1.165, 1.54) is 42.4 Å². The smallest absolute Gasteiger partial charge is 0.251 e. The Bertz CT molecular complexity index is 857. The number of halogens is 1. The van der Waals surface area contributed by atoms with Gasteiger partial charge in [-0.25, -0.2) is 0 Å². The summed E-state index contributed by atoms with van der Waals surface area (Å²) in [5.41, 5.74) is 5.68. The fourth-order valence-electron chi connectivity index (χ4n) is 4.63. The van der Waals surface area contributed by atoms with Gasteiger partial charge in [0, 0.05) is 28.9 Å². The second-order valence-corrected chi connectivity index (χ2v) is 8.91. The maximum atomic E-state index is 12.6. The van der Waals surface area contributed by atoms with E-state index in [4.69, 9.17) is 11.6 Å². The third-order valence-corrected chi connectivity index (χ3v) is 6.75. The van der Waals surface area contributed by atoms with E-state index in [1.807, 2.05) is 30.3 Å². The van der Waals surface area contributed by atoms with E-state index in [9.17, 15) is 4.79 Å². The third-order valence-electron chi connectivity index (χ3n) is 6.40. The summed E-state index contributed by atoms with van der Waals surface area (Å²) in [4.78, 5) is 12.6. The summed E-state index contributed by atoms with van der Waals surface area (Å²) in [6.07, 6.45) is 9.27. The predicted molar refractivity (Wildman–Crippen MR) is 124 cm³/mol. The maximum absolute atomic E-state index is 12.6. The third kappa shape index (κ3) is 5.35. The number of nitrogens with one attached hydrogen (secondary N) is 3. The van der Waals surface area contributed by atoms with Crippen molar-refractivity contribution >= 4 is 23.2 Å². The lowest BCUT2D eigenvalue weighted by atomic mass is 9.97. The molecule has 0 unspecified atom stereocenters. The average molecular weight is 426 g/mol. The van der Waals surface area contributed by atoms with Crippen molar-refractivity contribution in [3.8, 4) is 0 Å². The maximum Gasteiger partial charge on any atom is 0.251 e. The lowest BCUT2D eigenvalue weighted by Crippen LogP contribution is -2.34. The van der Waals surface area contributed by atoms with Gasteiger partial charge in [0.05, 0.1) is 0 Å². The van der Waals surface area contributed by atoms with Crippen molar-refractivity contribution in [2.24, 2.45) is 0 Å². The van der Waals surface area contributed by atoms with Gasteiger partial charge in [-0.15, -0.1) is 0 Å². The number of benzene rings is 2. The molecule has 0 atom stereocenters. The van der Waals surface area contributed by atoms with E-state index in [2.05, 4.69) is 22.0 Å². The number of anilines is 1. The van der Waals surface area contributed by atoms with Gasteiger partial charge in [-0.3, -0.25) is 4.79 Å². The van der Waals surface area contributed by atoms with Crippen molar-refractivity contribution in [2.45, 2.75) is 64.0 Å². The molecule has 1 amide bonds. The Hall–Kier alpha value is -2.04. The number of carbonyl (C=O) groups excluding carboxylic acids is 1. The van der Waals surface area contributed by atoms with Crippen LogP contribution in [0.2, 0.25) is 5.02 Å². The fourth-order valence-corrected chi connectivity index (χ4v) is 4.88. The Kier molecular flexibility index (Phi) is 7.29. The molecule has 0 radical (unpaired) electrons. The van der Waals surface area contributed by atoms with Crippen LogP contribution in [-0.4, -0.2) is 25.0 Å². The number of amides is 1. The molecule has 0 spiro atoms. The molecule has 3 N–H and O–H groups in total. The minimum absolute atomic E-state index is 0.0392. The van der Waals surface area contributed by atoms with Crippen LogP contribution in [0.1, 0.15) is 65.6 Å². The van der Waals surface area contributed by atoms with E-state index >= 15 is 0 Å². The first-order chi connectivity index (χ1) is 14.7. The molecular weight excluding hydrogens is 394 g/mol. The minimum Gasteiger partial charge on any atom is -0.381 e. The normalized spacial score (nSPS) is 17.5. The van der Waals surface area contributed by atoms with Crippen LogP contribution in [-0.2, 0) is 19.4 Å². The Balaban J connectivity index is 1.38. The van der Waals surface area contributed by atoms with Crippen LogP contribution in [0, 0.1) is 0 Å². The van der Waals surface area contributed by atoms with Crippen molar-refractivity contribution in [3.05, 3.63) is 63.7 Å². The van der Waals surface area contributed by atoms with Gasteiger partial charge in [0.1, 0.15) is 0 Å². The number of hydrogen-bond acceptors (Lipinski definition) is 3. The van der Waals surface area contributed by atoms with Gasteiger partial charge in [-0.1, -0.05) is 43.4 Å². The van der Waals surface area contributed by atoms with E-state index in [0.717, 1.165) is 55.0 Å². The molecule has 1 saturated carbocycles. The molecular formula is C25H32ClN3O. The first-order valence-electron chi connectivity index (χ1n) is 11.4. The second-order valence-electron chi connectivity index (χ2n) is 8.51. The van der Waals surface area contributed by atoms with E-state index in [0.29, 0.717) is 12.6 Å². The zero-order chi connectivity index (χ0) is 20.8. The SMILES string of the molecule is O=C(NC1CCCCCC1)c1ccc(NCc2c(Cl)ccc3c2CCNCC3)cc1. The van der Waals surface area contributed by atoms with Crippen molar-refractivity contribution in [2.75, 3.05) is 18.4 Å². The summed E-state index contributed by atoms with van der Waals surface area (Å²) in [5.74, 6) is 0.0392. The molecule has 0 bridgehead atoms. The van der Waals surface area contributed by atoms with Crippen molar-refractivity contribution < 1.29 is 4.79 Å². The molecule has 160 valence electrons. The Morgan fingerprint density at radius 3 is 2.47 bits per heavy atom. The average Bonchev–Trinajstić information content (AvgIpc) is 3.16. The van der Waals surface area contributed by atoms with E-state index in [1.54, 1.807) is 0 Å². The van der Waals surface area contributed by atoms with Crippen LogP contribution in [0.4, 0.5) is 5.69 Å². The second kappa shape index (κ2) is 10.3. The highest BCUT2D eigenvalue weighted by Crippen LogP contribution is 2.27. The molecule has 0 aromatic heterocycles. The minimum atomic E-state index is 0.0392. The molecule has 2 aromatic rings. The molecule has 30 heavy (non-hydrogen) atoms. The summed E-state index contributed by atoms with van der Waals surface area (Å²) < 4.78 is 0. The molecule has 0 saturated heterocycles. The van der Waals surface area contributed by atoms with E-state index in [-0.39, 0.29) is 5.91 Å². The van der Waals surface area contributed by atoms with Crippen molar-refractivity contribution in [3.63, 3.8) is 0 Å². The van der Waals surface area contributed by atoms with Gasteiger partial charge < -0.3 is 16.0 Å². The van der Waals surface area contributed by atoms with Gasteiger partial charge in [-0.2, -0.15) is 0 Å². The Morgan fingerprint density at radius 1 is 0.967 bits per heavy atom. The molecule has 1 heterocycles. The molecule has 1 fully saturated rings. The zero-order valence-electron chi connectivity index (χ0n) is 17.6. The predicted octanol–water partition coefficient (Wildman–Crippen LogP) is 5.09. The molecule has 2 aliphatic rings. The number of hydrogen-bond donors (Lipinski definition) is 3. The molecule has 4 rings (SSSR count).